The molecule has 0 radical (unpaired) electrons. The number of amides is 1. The van der Waals surface area contributed by atoms with Crippen LogP contribution in [0.5, 0.6) is 5.75 Å². The molecule has 3 rings (SSSR count). The summed E-state index contributed by atoms with van der Waals surface area (Å²) in [4.78, 5) is 32.2. The Hall–Kier alpha value is -2.28. The lowest BCUT2D eigenvalue weighted by Crippen LogP contribution is -2.31. The zero-order chi connectivity index (χ0) is 19.4. The number of nitrogens with zero attached hydrogens (tertiary/aromatic N) is 1. The van der Waals surface area contributed by atoms with Crippen molar-refractivity contribution in [1.82, 2.24) is 9.97 Å². The van der Waals surface area contributed by atoms with E-state index in [1.165, 1.54) is 11.8 Å². The van der Waals surface area contributed by atoms with Crippen LogP contribution in [0.25, 0.3) is 0 Å². The molecule has 144 valence electrons. The molecule has 2 heterocycles. The fourth-order valence-electron chi connectivity index (χ4n) is 2.96. The minimum atomic E-state index is -0.311. The average Bonchev–Trinajstić information content (AvgIpc) is 2.64. The van der Waals surface area contributed by atoms with Crippen LogP contribution in [0.1, 0.15) is 50.7 Å². The van der Waals surface area contributed by atoms with Crippen molar-refractivity contribution in [1.29, 1.82) is 0 Å². The Labute approximate surface area is 163 Å². The second kappa shape index (κ2) is 8.61. The third kappa shape index (κ3) is 4.71. The number of H-pyrrole nitrogens is 1. The lowest BCUT2D eigenvalue weighted by atomic mass is 9.87. The molecule has 2 aromatic rings. The number of thioether (sulfide) groups is 1. The number of fused-ring (bicyclic) bond motifs is 1. The van der Waals surface area contributed by atoms with Crippen LogP contribution < -0.4 is 15.6 Å². The number of rotatable bonds is 7. The zero-order valence-corrected chi connectivity index (χ0v) is 16.7. The van der Waals surface area contributed by atoms with E-state index < -0.39 is 0 Å². The zero-order valence-electron chi connectivity index (χ0n) is 15.9. The molecule has 0 aliphatic carbocycles. The summed E-state index contributed by atoms with van der Waals surface area (Å²) < 4.78 is 5.72. The van der Waals surface area contributed by atoms with Gasteiger partial charge in [0.2, 0.25) is 5.91 Å². The molecular weight excluding hydrogens is 362 g/mol. The van der Waals surface area contributed by atoms with Gasteiger partial charge in [0.05, 0.1) is 12.2 Å². The van der Waals surface area contributed by atoms with Gasteiger partial charge in [0.15, 0.2) is 5.16 Å². The molecule has 0 saturated carbocycles. The summed E-state index contributed by atoms with van der Waals surface area (Å²) in [6.07, 6.45) is 1.21. The lowest BCUT2D eigenvalue weighted by Gasteiger charge is -2.24. The van der Waals surface area contributed by atoms with E-state index in [1.807, 2.05) is 24.3 Å². The number of aromatic amines is 1. The van der Waals surface area contributed by atoms with Gasteiger partial charge in [0.25, 0.3) is 5.56 Å². The van der Waals surface area contributed by atoms with Crippen molar-refractivity contribution in [3.8, 4) is 5.75 Å². The first kappa shape index (κ1) is 19.5. The lowest BCUT2D eigenvalue weighted by molar-refractivity contribution is -0.116. The summed E-state index contributed by atoms with van der Waals surface area (Å²) in [6.45, 7) is 6.90. The molecule has 0 saturated heterocycles. The quantitative estimate of drug-likeness (QED) is 0.558. The van der Waals surface area contributed by atoms with Crippen LogP contribution in [0.15, 0.2) is 34.2 Å². The predicted molar refractivity (Wildman–Crippen MR) is 108 cm³/mol. The number of ether oxygens (including phenoxy) is 1. The number of carbonyl (C=O) groups is 1. The molecule has 1 aromatic heterocycles. The van der Waals surface area contributed by atoms with E-state index in [2.05, 4.69) is 36.1 Å². The first-order valence-corrected chi connectivity index (χ1v) is 10.3. The number of anilines is 1. The summed E-state index contributed by atoms with van der Waals surface area (Å²) in [5, 5.41) is 3.29. The van der Waals surface area contributed by atoms with E-state index in [4.69, 9.17) is 4.74 Å². The summed E-state index contributed by atoms with van der Waals surface area (Å²) >= 11 is 1.48. The van der Waals surface area contributed by atoms with E-state index in [0.717, 1.165) is 23.5 Å². The molecule has 1 atom stereocenters. The highest BCUT2D eigenvalue weighted by Crippen LogP contribution is 2.35. The summed E-state index contributed by atoms with van der Waals surface area (Å²) in [7, 11) is 0. The van der Waals surface area contributed by atoms with Gasteiger partial charge in [-0.15, -0.1) is 0 Å². The SMILES string of the molecule is CCCSc1nc2c(c(=O)[nH]1)C(c1ccc(OCC(C)C)cc1)CC(=O)N2. The van der Waals surface area contributed by atoms with E-state index in [-0.39, 0.29) is 23.8 Å². The topological polar surface area (TPSA) is 84.1 Å². The van der Waals surface area contributed by atoms with Crippen molar-refractivity contribution < 1.29 is 9.53 Å². The summed E-state index contributed by atoms with van der Waals surface area (Å²) in [6, 6.07) is 7.61. The average molecular weight is 388 g/mol. The standard InChI is InChI=1S/C20H25N3O3S/c1-4-9-27-20-22-18-17(19(25)23-20)15(10-16(24)21-18)13-5-7-14(8-6-13)26-11-12(2)3/h5-8,12,15H,4,9-11H2,1-3H3,(H2,21,22,23,24,25). The van der Waals surface area contributed by atoms with Gasteiger partial charge in [-0.25, -0.2) is 4.98 Å². The van der Waals surface area contributed by atoms with Crippen LogP contribution in [0.4, 0.5) is 5.82 Å². The van der Waals surface area contributed by atoms with Crippen LogP contribution in [0, 0.1) is 5.92 Å². The molecule has 7 heteroatoms. The van der Waals surface area contributed by atoms with Gasteiger partial charge in [0, 0.05) is 18.1 Å². The van der Waals surface area contributed by atoms with Crippen molar-refractivity contribution in [3.63, 3.8) is 0 Å². The highest BCUT2D eigenvalue weighted by molar-refractivity contribution is 7.99. The summed E-state index contributed by atoms with van der Waals surface area (Å²) in [5.41, 5.74) is 1.24. The molecule has 1 amide bonds. The Morgan fingerprint density at radius 1 is 1.26 bits per heavy atom. The Kier molecular flexibility index (Phi) is 6.21. The molecule has 1 aliphatic rings. The van der Waals surface area contributed by atoms with E-state index in [9.17, 15) is 9.59 Å². The first-order valence-electron chi connectivity index (χ1n) is 9.27. The first-order chi connectivity index (χ1) is 13.0. The smallest absolute Gasteiger partial charge is 0.257 e. The second-order valence-corrected chi connectivity index (χ2v) is 8.14. The maximum Gasteiger partial charge on any atom is 0.257 e. The minimum Gasteiger partial charge on any atom is -0.493 e. The van der Waals surface area contributed by atoms with Crippen molar-refractivity contribution in [2.24, 2.45) is 5.92 Å². The normalized spacial score (nSPS) is 16.1. The van der Waals surface area contributed by atoms with Gasteiger partial charge in [-0.1, -0.05) is 44.7 Å². The molecule has 1 unspecified atom stereocenters. The van der Waals surface area contributed by atoms with Crippen LogP contribution >= 0.6 is 11.8 Å². The minimum absolute atomic E-state index is 0.128. The van der Waals surface area contributed by atoms with Crippen LogP contribution in [-0.2, 0) is 4.79 Å². The number of carbonyl (C=O) groups excluding carboxylic acids is 1. The van der Waals surface area contributed by atoms with Crippen molar-refractivity contribution in [2.75, 3.05) is 17.7 Å². The molecule has 1 aliphatic heterocycles. The van der Waals surface area contributed by atoms with Gasteiger partial charge in [0.1, 0.15) is 11.6 Å². The Balaban J connectivity index is 1.89. The number of benzene rings is 1. The number of hydrogen-bond donors (Lipinski definition) is 2. The number of hydrogen-bond acceptors (Lipinski definition) is 5. The molecule has 2 N–H and O–H groups in total. The van der Waals surface area contributed by atoms with Gasteiger partial charge >= 0.3 is 0 Å². The Morgan fingerprint density at radius 3 is 2.67 bits per heavy atom. The molecule has 6 nitrogen and oxygen atoms in total. The van der Waals surface area contributed by atoms with Gasteiger partial charge in [-0.3, -0.25) is 9.59 Å². The molecule has 27 heavy (non-hydrogen) atoms. The molecule has 0 spiro atoms. The molecule has 1 aromatic carbocycles. The van der Waals surface area contributed by atoms with Gasteiger partial charge < -0.3 is 15.0 Å². The predicted octanol–water partition coefficient (Wildman–Crippen LogP) is 3.78. The van der Waals surface area contributed by atoms with Crippen LogP contribution in [0.3, 0.4) is 0 Å². The highest BCUT2D eigenvalue weighted by atomic mass is 32.2. The van der Waals surface area contributed by atoms with E-state index in [0.29, 0.717) is 29.1 Å². The van der Waals surface area contributed by atoms with E-state index in [1.54, 1.807) is 0 Å². The van der Waals surface area contributed by atoms with Crippen molar-refractivity contribution >= 4 is 23.5 Å². The van der Waals surface area contributed by atoms with Crippen LogP contribution in [-0.4, -0.2) is 28.2 Å². The Bertz CT molecular complexity index is 862. The molecule has 0 bridgehead atoms. The third-order valence-electron chi connectivity index (χ3n) is 4.24. The molecule has 0 fully saturated rings. The fourth-order valence-corrected chi connectivity index (χ4v) is 3.68. The number of nitrogens with one attached hydrogen (secondary N) is 2. The molecular formula is C20H25N3O3S. The summed E-state index contributed by atoms with van der Waals surface area (Å²) in [5.74, 6) is 2.02. The maximum atomic E-state index is 12.7. The largest absolute Gasteiger partial charge is 0.493 e. The van der Waals surface area contributed by atoms with Crippen molar-refractivity contribution in [2.45, 2.75) is 44.7 Å². The fraction of sp³-hybridized carbons (Fsp3) is 0.450. The number of aromatic nitrogens is 2. The second-order valence-electron chi connectivity index (χ2n) is 7.06. The van der Waals surface area contributed by atoms with Crippen LogP contribution in [0.2, 0.25) is 0 Å². The van der Waals surface area contributed by atoms with Crippen molar-refractivity contribution in [3.05, 3.63) is 45.7 Å². The van der Waals surface area contributed by atoms with Gasteiger partial charge in [-0.2, -0.15) is 0 Å². The third-order valence-corrected chi connectivity index (χ3v) is 5.32. The highest BCUT2D eigenvalue weighted by Gasteiger charge is 2.30. The maximum absolute atomic E-state index is 12.7. The Morgan fingerprint density at radius 2 is 2.00 bits per heavy atom. The van der Waals surface area contributed by atoms with Gasteiger partial charge in [-0.05, 0) is 30.0 Å². The van der Waals surface area contributed by atoms with E-state index >= 15 is 0 Å². The monoisotopic (exact) mass is 387 g/mol.